The van der Waals surface area contributed by atoms with Crippen LogP contribution < -0.4 is 0 Å². The topological polar surface area (TPSA) is 37.3 Å². The lowest BCUT2D eigenvalue weighted by molar-refractivity contribution is -0.136. The van der Waals surface area contributed by atoms with Crippen molar-refractivity contribution in [2.45, 2.75) is 18.7 Å². The van der Waals surface area contributed by atoms with Crippen LogP contribution in [0.4, 0.5) is 0 Å². The smallest absolute Gasteiger partial charge is 0.307 e. The minimum atomic E-state index is -0.783. The predicted octanol–water partition coefficient (Wildman–Crippen LogP) is 2.52. The molecule has 0 aliphatic heterocycles. The molecule has 1 rings (SSSR count). The number of benzene rings is 1. The lowest BCUT2D eigenvalue weighted by Gasteiger charge is -2.04. The lowest BCUT2D eigenvalue weighted by atomic mass is 10.0. The Bertz CT molecular complexity index is 321. The first-order valence-corrected chi connectivity index (χ1v) is 5.12. The normalized spacial score (nSPS) is 10.0. The number of carboxylic acids is 1. The zero-order valence-electron chi connectivity index (χ0n) is 7.38. The molecule has 0 atom stereocenters. The lowest BCUT2D eigenvalue weighted by Crippen LogP contribution is -2.02. The molecule has 3 heteroatoms. The number of rotatable bonds is 3. The van der Waals surface area contributed by atoms with Crippen LogP contribution in [0.3, 0.4) is 0 Å². The first kappa shape index (κ1) is 10.3. The van der Waals surface area contributed by atoms with E-state index < -0.39 is 5.97 Å². The van der Waals surface area contributed by atoms with E-state index >= 15 is 0 Å². The van der Waals surface area contributed by atoms with Gasteiger partial charge in [0.2, 0.25) is 0 Å². The summed E-state index contributed by atoms with van der Waals surface area (Å²) >= 11 is 3.35. The molecule has 0 aliphatic rings. The van der Waals surface area contributed by atoms with Gasteiger partial charge < -0.3 is 5.11 Å². The van der Waals surface area contributed by atoms with Gasteiger partial charge in [0, 0.05) is 5.33 Å². The van der Waals surface area contributed by atoms with Crippen molar-refractivity contribution in [1.29, 1.82) is 0 Å². The molecule has 1 N–H and O–H groups in total. The summed E-state index contributed by atoms with van der Waals surface area (Å²) < 4.78 is 0. The summed E-state index contributed by atoms with van der Waals surface area (Å²) in [4.78, 5) is 10.5. The molecule has 0 spiro atoms. The van der Waals surface area contributed by atoms with Crippen molar-refractivity contribution < 1.29 is 9.90 Å². The summed E-state index contributed by atoms with van der Waals surface area (Å²) in [6.45, 7) is 1.93. The van der Waals surface area contributed by atoms with Crippen LogP contribution in [0.15, 0.2) is 18.2 Å². The number of carbonyl (C=O) groups is 1. The number of alkyl halides is 1. The van der Waals surface area contributed by atoms with Gasteiger partial charge in [0.1, 0.15) is 0 Å². The van der Waals surface area contributed by atoms with Crippen molar-refractivity contribution in [2.75, 3.05) is 0 Å². The molecule has 0 fully saturated rings. The largest absolute Gasteiger partial charge is 0.481 e. The maximum absolute atomic E-state index is 10.5. The zero-order valence-corrected chi connectivity index (χ0v) is 8.97. The van der Waals surface area contributed by atoms with Gasteiger partial charge in [-0.1, -0.05) is 34.1 Å². The molecule has 0 aliphatic carbocycles. The Morgan fingerprint density at radius 1 is 1.54 bits per heavy atom. The summed E-state index contributed by atoms with van der Waals surface area (Å²) in [5, 5.41) is 9.42. The fourth-order valence-corrected chi connectivity index (χ4v) is 1.55. The highest BCUT2D eigenvalue weighted by Gasteiger charge is 2.03. The third-order valence-corrected chi connectivity index (χ3v) is 2.55. The molecule has 13 heavy (non-hydrogen) atoms. The highest BCUT2D eigenvalue weighted by Crippen LogP contribution is 2.13. The Balaban J connectivity index is 2.91. The van der Waals surface area contributed by atoms with E-state index in [1.54, 1.807) is 0 Å². The summed E-state index contributed by atoms with van der Waals surface area (Å²) in [6.07, 6.45) is 0.106. The molecular weight excluding hydrogens is 232 g/mol. The van der Waals surface area contributed by atoms with Gasteiger partial charge in [-0.15, -0.1) is 0 Å². The van der Waals surface area contributed by atoms with Crippen LogP contribution >= 0.6 is 15.9 Å². The van der Waals surface area contributed by atoms with E-state index in [4.69, 9.17) is 5.11 Å². The number of hydrogen-bond donors (Lipinski definition) is 1. The van der Waals surface area contributed by atoms with E-state index in [2.05, 4.69) is 15.9 Å². The Labute approximate surface area is 85.7 Å². The van der Waals surface area contributed by atoms with Gasteiger partial charge in [0.15, 0.2) is 0 Å². The van der Waals surface area contributed by atoms with Crippen molar-refractivity contribution in [2.24, 2.45) is 0 Å². The van der Waals surface area contributed by atoms with Crippen molar-refractivity contribution >= 4 is 21.9 Å². The van der Waals surface area contributed by atoms with E-state index in [0.29, 0.717) is 0 Å². The van der Waals surface area contributed by atoms with Gasteiger partial charge in [-0.25, -0.2) is 0 Å². The van der Waals surface area contributed by atoms with E-state index in [0.717, 1.165) is 16.5 Å². The Hall–Kier alpha value is -0.830. The Morgan fingerprint density at radius 3 is 2.69 bits per heavy atom. The maximum Gasteiger partial charge on any atom is 0.307 e. The van der Waals surface area contributed by atoms with Gasteiger partial charge in [0.05, 0.1) is 6.42 Å². The molecule has 0 heterocycles. The fraction of sp³-hybridized carbons (Fsp3) is 0.300. The quantitative estimate of drug-likeness (QED) is 0.828. The SMILES string of the molecule is Cc1cc(CBr)ccc1CC(=O)O. The molecule has 0 saturated carbocycles. The molecule has 0 radical (unpaired) electrons. The molecule has 2 nitrogen and oxygen atoms in total. The van der Waals surface area contributed by atoms with Crippen LogP contribution in [0, 0.1) is 6.92 Å². The molecule has 0 aromatic heterocycles. The minimum Gasteiger partial charge on any atom is -0.481 e. The van der Waals surface area contributed by atoms with Crippen molar-refractivity contribution in [3.63, 3.8) is 0 Å². The second-order valence-corrected chi connectivity index (χ2v) is 3.53. The van der Waals surface area contributed by atoms with Gasteiger partial charge in [0.25, 0.3) is 0 Å². The summed E-state index contributed by atoms with van der Waals surface area (Å²) in [5.41, 5.74) is 3.10. The van der Waals surface area contributed by atoms with Crippen LogP contribution in [0.25, 0.3) is 0 Å². The first-order valence-electron chi connectivity index (χ1n) is 3.99. The summed E-state index contributed by atoms with van der Waals surface area (Å²) in [6, 6.07) is 5.83. The van der Waals surface area contributed by atoms with Crippen molar-refractivity contribution in [1.82, 2.24) is 0 Å². The number of aliphatic carboxylic acids is 1. The average molecular weight is 243 g/mol. The highest BCUT2D eigenvalue weighted by atomic mass is 79.9. The van der Waals surface area contributed by atoms with Crippen LogP contribution in [0.5, 0.6) is 0 Å². The van der Waals surface area contributed by atoms with Crippen LogP contribution in [-0.2, 0) is 16.5 Å². The second-order valence-electron chi connectivity index (χ2n) is 2.96. The number of hydrogen-bond acceptors (Lipinski definition) is 1. The standard InChI is InChI=1S/C10H11BrO2/c1-7-4-8(6-11)2-3-9(7)5-10(12)13/h2-4H,5-6H2,1H3,(H,12,13). The van der Waals surface area contributed by atoms with Crippen LogP contribution in [0.2, 0.25) is 0 Å². The van der Waals surface area contributed by atoms with Gasteiger partial charge in [-0.3, -0.25) is 4.79 Å². The van der Waals surface area contributed by atoms with Crippen LogP contribution in [-0.4, -0.2) is 11.1 Å². The second kappa shape index (κ2) is 4.42. The highest BCUT2D eigenvalue weighted by molar-refractivity contribution is 9.08. The van der Waals surface area contributed by atoms with Crippen molar-refractivity contribution in [3.8, 4) is 0 Å². The van der Waals surface area contributed by atoms with Crippen molar-refractivity contribution in [3.05, 3.63) is 34.9 Å². The third-order valence-electron chi connectivity index (χ3n) is 1.90. The molecule has 0 saturated heterocycles. The van der Waals surface area contributed by atoms with E-state index in [9.17, 15) is 4.79 Å². The molecule has 1 aromatic carbocycles. The molecule has 0 unspecified atom stereocenters. The molecule has 1 aromatic rings. The fourth-order valence-electron chi connectivity index (χ4n) is 1.20. The zero-order chi connectivity index (χ0) is 9.84. The first-order chi connectivity index (χ1) is 6.13. The molecular formula is C10H11BrO2. The molecule has 70 valence electrons. The Kier molecular flexibility index (Phi) is 3.48. The van der Waals surface area contributed by atoms with Gasteiger partial charge in [-0.2, -0.15) is 0 Å². The van der Waals surface area contributed by atoms with E-state index in [1.165, 1.54) is 5.56 Å². The summed E-state index contributed by atoms with van der Waals surface area (Å²) in [5.74, 6) is -0.783. The summed E-state index contributed by atoms with van der Waals surface area (Å²) in [7, 11) is 0. The van der Waals surface area contributed by atoms with Gasteiger partial charge in [-0.05, 0) is 23.6 Å². The van der Waals surface area contributed by atoms with E-state index in [1.807, 2.05) is 25.1 Å². The monoisotopic (exact) mass is 242 g/mol. The van der Waals surface area contributed by atoms with E-state index in [-0.39, 0.29) is 6.42 Å². The predicted molar refractivity (Wildman–Crippen MR) is 55.1 cm³/mol. The minimum absolute atomic E-state index is 0.106. The van der Waals surface area contributed by atoms with Gasteiger partial charge >= 0.3 is 5.97 Å². The average Bonchev–Trinajstić information content (AvgIpc) is 2.08. The maximum atomic E-state index is 10.5. The molecule has 0 amide bonds. The Morgan fingerprint density at radius 2 is 2.23 bits per heavy atom. The number of aryl methyl sites for hydroxylation is 1. The third kappa shape index (κ3) is 2.84. The number of carboxylic acid groups (broad SMARTS) is 1. The van der Waals surface area contributed by atoms with Crippen LogP contribution in [0.1, 0.15) is 16.7 Å². The number of halogens is 1. The molecule has 0 bridgehead atoms.